The van der Waals surface area contributed by atoms with Crippen LogP contribution in [-0.2, 0) is 6.54 Å². The molecule has 8 heteroatoms. The number of fused-ring (bicyclic) bond motifs is 1. The Labute approximate surface area is 101 Å². The highest BCUT2D eigenvalue weighted by atomic mass is 16.6. The maximum Gasteiger partial charge on any atom is 0.271 e. The normalized spacial score (nSPS) is 11.9. The molecule has 0 saturated heterocycles. The molecule has 94 valence electrons. The molecule has 2 aromatic rings. The molecule has 0 spiro atoms. The van der Waals surface area contributed by atoms with Crippen molar-refractivity contribution in [3.8, 4) is 0 Å². The van der Waals surface area contributed by atoms with Gasteiger partial charge >= 0.3 is 0 Å². The molecule has 0 aliphatic carbocycles. The standard InChI is InChI=1S/C10H11N5O3/c11-10(13-16)3-4-14-6-12-8-5-7(15(17)18)1-2-9(8)14/h1-2,5-6,16H,3-4H2,(H2,11,13). The van der Waals surface area contributed by atoms with E-state index in [-0.39, 0.29) is 11.5 Å². The smallest absolute Gasteiger partial charge is 0.271 e. The molecule has 1 aromatic heterocycles. The van der Waals surface area contributed by atoms with E-state index >= 15 is 0 Å². The number of aryl methyl sites for hydroxylation is 1. The van der Waals surface area contributed by atoms with Crippen LogP contribution in [0.3, 0.4) is 0 Å². The maximum atomic E-state index is 10.6. The Balaban J connectivity index is 2.29. The minimum absolute atomic E-state index is 0.00387. The van der Waals surface area contributed by atoms with Gasteiger partial charge in [-0.25, -0.2) is 4.98 Å². The summed E-state index contributed by atoms with van der Waals surface area (Å²) < 4.78 is 1.79. The lowest BCUT2D eigenvalue weighted by Gasteiger charge is -2.02. The maximum absolute atomic E-state index is 10.6. The summed E-state index contributed by atoms with van der Waals surface area (Å²) in [4.78, 5) is 14.2. The van der Waals surface area contributed by atoms with Crippen LogP contribution in [0.1, 0.15) is 6.42 Å². The van der Waals surface area contributed by atoms with Gasteiger partial charge in [-0.05, 0) is 6.07 Å². The molecule has 0 aliphatic rings. The molecule has 0 amide bonds. The number of nitro benzene ring substituents is 1. The van der Waals surface area contributed by atoms with Gasteiger partial charge in [0.1, 0.15) is 5.84 Å². The predicted octanol–water partition coefficient (Wildman–Crippen LogP) is 1.08. The summed E-state index contributed by atoms with van der Waals surface area (Å²) in [5.41, 5.74) is 6.69. The van der Waals surface area contributed by atoms with E-state index in [9.17, 15) is 10.1 Å². The lowest BCUT2D eigenvalue weighted by molar-refractivity contribution is -0.384. The molecule has 0 atom stereocenters. The number of imidazole rings is 1. The third-order valence-corrected chi connectivity index (χ3v) is 2.55. The summed E-state index contributed by atoms with van der Waals surface area (Å²) in [5.74, 6) is 0.124. The van der Waals surface area contributed by atoms with Crippen LogP contribution in [0.25, 0.3) is 11.0 Å². The van der Waals surface area contributed by atoms with Crippen LogP contribution in [-0.4, -0.2) is 25.5 Å². The molecule has 0 fully saturated rings. The van der Waals surface area contributed by atoms with Crippen LogP contribution < -0.4 is 5.73 Å². The third-order valence-electron chi connectivity index (χ3n) is 2.55. The number of nitro groups is 1. The largest absolute Gasteiger partial charge is 0.409 e. The summed E-state index contributed by atoms with van der Waals surface area (Å²) in [7, 11) is 0. The monoisotopic (exact) mass is 249 g/mol. The lowest BCUT2D eigenvalue weighted by atomic mass is 10.2. The van der Waals surface area contributed by atoms with E-state index in [0.717, 1.165) is 5.52 Å². The zero-order chi connectivity index (χ0) is 13.1. The summed E-state index contributed by atoms with van der Waals surface area (Å²) in [6.07, 6.45) is 1.94. The van der Waals surface area contributed by atoms with Crippen LogP contribution >= 0.6 is 0 Å². The highest BCUT2D eigenvalue weighted by molar-refractivity contribution is 5.80. The van der Waals surface area contributed by atoms with Gasteiger partial charge in [0.25, 0.3) is 5.69 Å². The molecule has 3 N–H and O–H groups in total. The molecule has 0 bridgehead atoms. The Hall–Kier alpha value is -2.64. The van der Waals surface area contributed by atoms with E-state index < -0.39 is 4.92 Å². The number of hydrogen-bond acceptors (Lipinski definition) is 5. The number of aromatic nitrogens is 2. The summed E-state index contributed by atoms with van der Waals surface area (Å²) in [6.45, 7) is 0.490. The average Bonchev–Trinajstić information content (AvgIpc) is 2.78. The van der Waals surface area contributed by atoms with Gasteiger partial charge in [0.2, 0.25) is 0 Å². The van der Waals surface area contributed by atoms with Gasteiger partial charge in [-0.15, -0.1) is 0 Å². The first-order valence-electron chi connectivity index (χ1n) is 5.17. The number of nitrogens with zero attached hydrogens (tertiary/aromatic N) is 4. The van der Waals surface area contributed by atoms with Crippen LogP contribution in [0.4, 0.5) is 5.69 Å². The van der Waals surface area contributed by atoms with Crippen molar-refractivity contribution in [2.75, 3.05) is 0 Å². The fraction of sp³-hybridized carbons (Fsp3) is 0.200. The minimum atomic E-state index is -0.463. The fourth-order valence-corrected chi connectivity index (χ4v) is 1.63. The molecular weight excluding hydrogens is 238 g/mol. The van der Waals surface area contributed by atoms with Gasteiger partial charge in [0, 0.05) is 25.1 Å². The van der Waals surface area contributed by atoms with Gasteiger partial charge in [0.05, 0.1) is 22.3 Å². The quantitative estimate of drug-likeness (QED) is 0.276. The van der Waals surface area contributed by atoms with Crippen molar-refractivity contribution >= 4 is 22.6 Å². The van der Waals surface area contributed by atoms with Crippen molar-refractivity contribution in [1.82, 2.24) is 9.55 Å². The highest BCUT2D eigenvalue weighted by Gasteiger charge is 2.09. The van der Waals surface area contributed by atoms with Gasteiger partial charge in [-0.3, -0.25) is 10.1 Å². The first-order chi connectivity index (χ1) is 8.61. The molecular formula is C10H11N5O3. The van der Waals surface area contributed by atoms with Gasteiger partial charge < -0.3 is 15.5 Å². The number of hydrogen-bond donors (Lipinski definition) is 2. The lowest BCUT2D eigenvalue weighted by Crippen LogP contribution is -2.14. The topological polar surface area (TPSA) is 120 Å². The number of non-ortho nitro benzene ring substituents is 1. The van der Waals surface area contributed by atoms with Crippen molar-refractivity contribution in [3.63, 3.8) is 0 Å². The molecule has 1 heterocycles. The molecule has 2 rings (SSSR count). The van der Waals surface area contributed by atoms with Crippen molar-refractivity contribution in [1.29, 1.82) is 0 Å². The summed E-state index contributed by atoms with van der Waals surface area (Å²) in [6, 6.07) is 4.46. The minimum Gasteiger partial charge on any atom is -0.409 e. The molecule has 0 saturated carbocycles. The fourth-order valence-electron chi connectivity index (χ4n) is 1.63. The third kappa shape index (κ3) is 2.21. The first-order valence-corrected chi connectivity index (χ1v) is 5.17. The van der Waals surface area contributed by atoms with Gasteiger partial charge in [0.15, 0.2) is 0 Å². The Kier molecular flexibility index (Phi) is 3.09. The van der Waals surface area contributed by atoms with Crippen molar-refractivity contribution in [2.45, 2.75) is 13.0 Å². The zero-order valence-electron chi connectivity index (χ0n) is 9.35. The van der Waals surface area contributed by atoms with Crippen LogP contribution in [0, 0.1) is 10.1 Å². The molecule has 0 unspecified atom stereocenters. The second-order valence-electron chi connectivity index (χ2n) is 3.71. The van der Waals surface area contributed by atoms with Crippen LogP contribution in [0.15, 0.2) is 29.7 Å². The van der Waals surface area contributed by atoms with E-state index in [2.05, 4.69) is 10.1 Å². The molecule has 0 radical (unpaired) electrons. The molecule has 18 heavy (non-hydrogen) atoms. The Morgan fingerprint density at radius 1 is 1.61 bits per heavy atom. The van der Waals surface area contributed by atoms with Crippen molar-refractivity contribution in [3.05, 3.63) is 34.6 Å². The van der Waals surface area contributed by atoms with E-state index in [1.54, 1.807) is 17.0 Å². The second-order valence-corrected chi connectivity index (χ2v) is 3.71. The van der Waals surface area contributed by atoms with Crippen molar-refractivity contribution < 1.29 is 10.1 Å². The second kappa shape index (κ2) is 4.70. The number of oxime groups is 1. The zero-order valence-corrected chi connectivity index (χ0v) is 9.35. The molecule has 8 nitrogen and oxygen atoms in total. The SMILES string of the molecule is N/C(CCn1cnc2cc([N+](=O)[O-])ccc21)=N/O. The van der Waals surface area contributed by atoms with Crippen LogP contribution in [0.2, 0.25) is 0 Å². The number of amidine groups is 1. The van der Waals surface area contributed by atoms with Crippen molar-refractivity contribution in [2.24, 2.45) is 10.9 Å². The summed E-state index contributed by atoms with van der Waals surface area (Å²) >= 11 is 0. The Morgan fingerprint density at radius 2 is 2.39 bits per heavy atom. The average molecular weight is 249 g/mol. The number of benzene rings is 1. The van der Waals surface area contributed by atoms with E-state index in [1.165, 1.54) is 12.1 Å². The molecule has 0 aliphatic heterocycles. The Bertz CT molecular complexity index is 619. The van der Waals surface area contributed by atoms with E-state index in [0.29, 0.717) is 18.5 Å². The van der Waals surface area contributed by atoms with Gasteiger partial charge in [-0.2, -0.15) is 0 Å². The Morgan fingerprint density at radius 3 is 3.06 bits per heavy atom. The first kappa shape index (κ1) is 11.8. The summed E-state index contributed by atoms with van der Waals surface area (Å²) in [5, 5.41) is 21.9. The molecule has 1 aromatic carbocycles. The number of rotatable bonds is 4. The predicted molar refractivity (Wildman–Crippen MR) is 64.4 cm³/mol. The van der Waals surface area contributed by atoms with Crippen LogP contribution in [0.5, 0.6) is 0 Å². The highest BCUT2D eigenvalue weighted by Crippen LogP contribution is 2.19. The van der Waals surface area contributed by atoms with Gasteiger partial charge in [-0.1, -0.05) is 5.16 Å². The van der Waals surface area contributed by atoms with E-state index in [4.69, 9.17) is 10.9 Å². The van der Waals surface area contributed by atoms with E-state index in [1.807, 2.05) is 0 Å². The number of nitrogens with two attached hydrogens (primary N) is 1.